The molecule has 0 radical (unpaired) electrons. The average Bonchev–Trinajstić information content (AvgIpc) is 2.72. The summed E-state index contributed by atoms with van der Waals surface area (Å²) in [6.07, 6.45) is 1.73. The molecule has 0 saturated carbocycles. The molecule has 3 heteroatoms. The lowest BCUT2D eigenvalue weighted by molar-refractivity contribution is -0.127. The first-order chi connectivity index (χ1) is 8.66. The highest BCUT2D eigenvalue weighted by atomic mass is 16.2. The van der Waals surface area contributed by atoms with E-state index in [0.717, 1.165) is 26.1 Å². The Balaban J connectivity index is 1.87. The zero-order chi connectivity index (χ0) is 13.0. The van der Waals surface area contributed by atoms with E-state index in [4.69, 9.17) is 0 Å². The second kappa shape index (κ2) is 6.01. The fraction of sp³-hybridized carbons (Fsp3) is 0.533. The van der Waals surface area contributed by atoms with Gasteiger partial charge in [-0.1, -0.05) is 30.3 Å². The van der Waals surface area contributed by atoms with Gasteiger partial charge in [0, 0.05) is 25.4 Å². The molecule has 1 atom stereocenters. The smallest absolute Gasteiger partial charge is 0.223 e. The van der Waals surface area contributed by atoms with Crippen LogP contribution in [-0.2, 0) is 4.79 Å². The standard InChI is InChI=1S/C15H22N2O/c1-16(2)9-6-10-17-12-14(11-15(17)18)13-7-4-3-5-8-13/h3-5,7-8,14H,6,9-12H2,1-2H3/t14-/m0/s1. The van der Waals surface area contributed by atoms with Crippen LogP contribution in [0.1, 0.15) is 24.3 Å². The number of carbonyl (C=O) groups is 1. The van der Waals surface area contributed by atoms with Crippen LogP contribution in [0.4, 0.5) is 0 Å². The molecule has 0 aliphatic carbocycles. The Morgan fingerprint density at radius 3 is 2.67 bits per heavy atom. The quantitative estimate of drug-likeness (QED) is 0.793. The Bertz CT molecular complexity index is 389. The number of hydrogen-bond acceptors (Lipinski definition) is 2. The molecule has 1 aliphatic rings. The third-order valence-electron chi connectivity index (χ3n) is 3.52. The average molecular weight is 246 g/mol. The van der Waals surface area contributed by atoms with Gasteiger partial charge in [0.1, 0.15) is 0 Å². The van der Waals surface area contributed by atoms with Crippen LogP contribution < -0.4 is 0 Å². The lowest BCUT2D eigenvalue weighted by atomic mass is 9.99. The van der Waals surface area contributed by atoms with Gasteiger partial charge in [0.25, 0.3) is 0 Å². The molecule has 3 nitrogen and oxygen atoms in total. The number of amides is 1. The first-order valence-electron chi connectivity index (χ1n) is 6.64. The normalized spacial score (nSPS) is 19.8. The lowest BCUT2D eigenvalue weighted by Crippen LogP contribution is -2.28. The van der Waals surface area contributed by atoms with E-state index in [2.05, 4.69) is 43.3 Å². The van der Waals surface area contributed by atoms with Crippen LogP contribution in [0.15, 0.2) is 30.3 Å². The van der Waals surface area contributed by atoms with Gasteiger partial charge in [0.2, 0.25) is 5.91 Å². The molecule has 1 aromatic carbocycles. The molecule has 1 aromatic rings. The minimum absolute atomic E-state index is 0.308. The van der Waals surface area contributed by atoms with Crippen molar-refractivity contribution in [2.45, 2.75) is 18.8 Å². The monoisotopic (exact) mass is 246 g/mol. The van der Waals surface area contributed by atoms with E-state index in [1.165, 1.54) is 5.56 Å². The fourth-order valence-corrected chi connectivity index (χ4v) is 2.51. The van der Waals surface area contributed by atoms with Gasteiger partial charge in [0.05, 0.1) is 0 Å². The summed E-state index contributed by atoms with van der Waals surface area (Å²) in [5.74, 6) is 0.695. The molecule has 1 saturated heterocycles. The highest BCUT2D eigenvalue weighted by Crippen LogP contribution is 2.27. The molecule has 0 N–H and O–H groups in total. The Kier molecular flexibility index (Phi) is 4.37. The van der Waals surface area contributed by atoms with Crippen molar-refractivity contribution in [2.75, 3.05) is 33.7 Å². The predicted molar refractivity (Wildman–Crippen MR) is 73.6 cm³/mol. The fourth-order valence-electron chi connectivity index (χ4n) is 2.51. The van der Waals surface area contributed by atoms with E-state index in [-0.39, 0.29) is 0 Å². The molecule has 0 spiro atoms. The van der Waals surface area contributed by atoms with Crippen molar-refractivity contribution in [1.29, 1.82) is 0 Å². The van der Waals surface area contributed by atoms with Gasteiger partial charge in [-0.15, -0.1) is 0 Å². The van der Waals surface area contributed by atoms with E-state index in [1.54, 1.807) is 0 Å². The lowest BCUT2D eigenvalue weighted by Gasteiger charge is -2.18. The van der Waals surface area contributed by atoms with E-state index >= 15 is 0 Å². The Morgan fingerprint density at radius 2 is 2.00 bits per heavy atom. The SMILES string of the molecule is CN(C)CCCN1C[C@@H](c2ccccc2)CC1=O. The van der Waals surface area contributed by atoms with Crippen molar-refractivity contribution in [3.63, 3.8) is 0 Å². The summed E-state index contributed by atoms with van der Waals surface area (Å²) in [5.41, 5.74) is 1.29. The van der Waals surface area contributed by atoms with Crippen molar-refractivity contribution in [3.05, 3.63) is 35.9 Å². The number of likely N-dealkylation sites (tertiary alicyclic amines) is 1. The molecule has 0 aromatic heterocycles. The summed E-state index contributed by atoms with van der Waals surface area (Å²) in [7, 11) is 4.14. The molecule has 0 bridgehead atoms. The van der Waals surface area contributed by atoms with Crippen LogP contribution in [0.25, 0.3) is 0 Å². The van der Waals surface area contributed by atoms with Crippen LogP contribution >= 0.6 is 0 Å². The number of benzene rings is 1. The van der Waals surface area contributed by atoms with Crippen LogP contribution in [0.3, 0.4) is 0 Å². The second-order valence-corrected chi connectivity index (χ2v) is 5.31. The van der Waals surface area contributed by atoms with Crippen LogP contribution in [0, 0.1) is 0 Å². The molecule has 18 heavy (non-hydrogen) atoms. The molecular formula is C15H22N2O. The molecule has 0 unspecified atom stereocenters. The van der Waals surface area contributed by atoms with Crippen molar-refractivity contribution < 1.29 is 4.79 Å². The van der Waals surface area contributed by atoms with E-state index in [1.807, 2.05) is 11.0 Å². The molecule has 1 heterocycles. The minimum atomic E-state index is 0.308. The van der Waals surface area contributed by atoms with Crippen molar-refractivity contribution in [2.24, 2.45) is 0 Å². The Hall–Kier alpha value is -1.35. The molecule has 98 valence electrons. The van der Waals surface area contributed by atoms with E-state index in [9.17, 15) is 4.79 Å². The Labute approximate surface area is 109 Å². The first-order valence-corrected chi connectivity index (χ1v) is 6.64. The number of nitrogens with zero attached hydrogens (tertiary/aromatic N) is 2. The summed E-state index contributed by atoms with van der Waals surface area (Å²) in [5, 5.41) is 0. The maximum Gasteiger partial charge on any atom is 0.223 e. The molecule has 2 rings (SSSR count). The number of rotatable bonds is 5. The first kappa shape index (κ1) is 13.1. The summed E-state index contributed by atoms with van der Waals surface area (Å²) < 4.78 is 0. The zero-order valence-electron chi connectivity index (χ0n) is 11.3. The maximum absolute atomic E-state index is 11.9. The van der Waals surface area contributed by atoms with Crippen molar-refractivity contribution in [3.8, 4) is 0 Å². The van der Waals surface area contributed by atoms with E-state index < -0.39 is 0 Å². The number of carbonyl (C=O) groups excluding carboxylic acids is 1. The highest BCUT2D eigenvalue weighted by molar-refractivity contribution is 5.79. The predicted octanol–water partition coefficient (Wildman–Crippen LogP) is 1.95. The largest absolute Gasteiger partial charge is 0.342 e. The van der Waals surface area contributed by atoms with Gasteiger partial charge in [-0.2, -0.15) is 0 Å². The van der Waals surface area contributed by atoms with Gasteiger partial charge in [0.15, 0.2) is 0 Å². The van der Waals surface area contributed by atoms with Crippen LogP contribution in [0.2, 0.25) is 0 Å². The zero-order valence-corrected chi connectivity index (χ0v) is 11.3. The minimum Gasteiger partial charge on any atom is -0.342 e. The van der Waals surface area contributed by atoms with Gasteiger partial charge in [-0.3, -0.25) is 4.79 Å². The van der Waals surface area contributed by atoms with Crippen LogP contribution in [-0.4, -0.2) is 49.4 Å². The van der Waals surface area contributed by atoms with Gasteiger partial charge in [-0.05, 0) is 32.6 Å². The summed E-state index contributed by atoms with van der Waals surface area (Å²) in [6, 6.07) is 10.4. The van der Waals surface area contributed by atoms with Crippen molar-refractivity contribution in [1.82, 2.24) is 9.80 Å². The third-order valence-corrected chi connectivity index (χ3v) is 3.52. The number of hydrogen-bond donors (Lipinski definition) is 0. The molecular weight excluding hydrogens is 224 g/mol. The molecule has 1 amide bonds. The summed E-state index contributed by atoms with van der Waals surface area (Å²) in [4.78, 5) is 16.1. The van der Waals surface area contributed by atoms with Gasteiger partial charge < -0.3 is 9.80 Å². The maximum atomic E-state index is 11.9. The second-order valence-electron chi connectivity index (χ2n) is 5.31. The Morgan fingerprint density at radius 1 is 1.28 bits per heavy atom. The molecule has 1 fully saturated rings. The highest BCUT2D eigenvalue weighted by Gasteiger charge is 2.29. The van der Waals surface area contributed by atoms with Gasteiger partial charge >= 0.3 is 0 Å². The summed E-state index contributed by atoms with van der Waals surface area (Å²) in [6.45, 7) is 2.82. The van der Waals surface area contributed by atoms with Gasteiger partial charge in [-0.25, -0.2) is 0 Å². The van der Waals surface area contributed by atoms with Crippen molar-refractivity contribution >= 4 is 5.91 Å². The molecule has 1 aliphatic heterocycles. The van der Waals surface area contributed by atoms with Crippen LogP contribution in [0.5, 0.6) is 0 Å². The van der Waals surface area contributed by atoms with E-state index in [0.29, 0.717) is 18.2 Å². The third kappa shape index (κ3) is 3.33. The topological polar surface area (TPSA) is 23.6 Å². The summed E-state index contributed by atoms with van der Waals surface area (Å²) >= 11 is 0.